The van der Waals surface area contributed by atoms with Crippen LogP contribution in [0.1, 0.15) is 24.0 Å². The van der Waals surface area contributed by atoms with E-state index >= 15 is 0 Å². The monoisotopic (exact) mass is 372 g/mol. The molecule has 0 aliphatic rings. The average molecular weight is 373 g/mol. The number of nitrogens with zero attached hydrogens (tertiary/aromatic N) is 3. The van der Waals surface area contributed by atoms with Gasteiger partial charge in [-0.15, -0.1) is 10.2 Å². The first-order valence-corrected chi connectivity index (χ1v) is 8.25. The standard InChI is InChI=1S/C17H17BrN4O/c1-12-5-7-13(8-6-12)3-2-4-16(23)20-15-9-14(18)10-22-11-19-21-17(15)22/h5-11H,2-4H2,1H3,(H,20,23). The Morgan fingerprint density at radius 2 is 2.09 bits per heavy atom. The summed E-state index contributed by atoms with van der Waals surface area (Å²) in [7, 11) is 0. The van der Waals surface area contributed by atoms with Gasteiger partial charge in [-0.1, -0.05) is 29.8 Å². The second-order valence-electron chi connectivity index (χ2n) is 5.52. The lowest BCUT2D eigenvalue weighted by Gasteiger charge is -2.07. The molecule has 6 heteroatoms. The third kappa shape index (κ3) is 3.96. The van der Waals surface area contributed by atoms with Crippen LogP contribution in [0.2, 0.25) is 0 Å². The van der Waals surface area contributed by atoms with Gasteiger partial charge in [0.25, 0.3) is 0 Å². The van der Waals surface area contributed by atoms with E-state index < -0.39 is 0 Å². The quantitative estimate of drug-likeness (QED) is 0.741. The second kappa shape index (κ2) is 6.91. The molecule has 2 aromatic heterocycles. The van der Waals surface area contributed by atoms with Crippen LogP contribution >= 0.6 is 15.9 Å². The number of rotatable bonds is 5. The molecule has 0 saturated carbocycles. The van der Waals surface area contributed by atoms with Crippen LogP contribution in [0.3, 0.4) is 0 Å². The summed E-state index contributed by atoms with van der Waals surface area (Å²) in [5.74, 6) is -0.0138. The maximum atomic E-state index is 12.1. The van der Waals surface area contributed by atoms with Crippen molar-refractivity contribution in [2.45, 2.75) is 26.2 Å². The molecular weight excluding hydrogens is 356 g/mol. The molecule has 118 valence electrons. The van der Waals surface area contributed by atoms with Crippen LogP contribution in [-0.2, 0) is 11.2 Å². The minimum atomic E-state index is -0.0138. The molecule has 0 bridgehead atoms. The number of hydrogen-bond donors (Lipinski definition) is 1. The molecule has 5 nitrogen and oxygen atoms in total. The predicted octanol–water partition coefficient (Wildman–Crippen LogP) is 3.76. The largest absolute Gasteiger partial charge is 0.323 e. The molecule has 0 radical (unpaired) electrons. The number of aromatic nitrogens is 3. The third-order valence-electron chi connectivity index (χ3n) is 3.62. The van der Waals surface area contributed by atoms with E-state index in [9.17, 15) is 4.79 Å². The van der Waals surface area contributed by atoms with Crippen LogP contribution in [0.25, 0.3) is 5.65 Å². The SMILES string of the molecule is Cc1ccc(CCCC(=O)Nc2cc(Br)cn3cnnc23)cc1. The predicted molar refractivity (Wildman–Crippen MR) is 93.4 cm³/mol. The summed E-state index contributed by atoms with van der Waals surface area (Å²) in [6.45, 7) is 2.07. The van der Waals surface area contributed by atoms with E-state index in [1.54, 1.807) is 10.7 Å². The first-order chi connectivity index (χ1) is 11.1. The molecule has 0 aliphatic heterocycles. The lowest BCUT2D eigenvalue weighted by Crippen LogP contribution is -2.12. The van der Waals surface area contributed by atoms with Gasteiger partial charge >= 0.3 is 0 Å². The summed E-state index contributed by atoms with van der Waals surface area (Å²) < 4.78 is 2.63. The number of amides is 1. The van der Waals surface area contributed by atoms with E-state index in [2.05, 4.69) is 62.6 Å². The number of aryl methyl sites for hydroxylation is 2. The maximum Gasteiger partial charge on any atom is 0.224 e. The van der Waals surface area contributed by atoms with E-state index in [1.165, 1.54) is 11.1 Å². The summed E-state index contributed by atoms with van der Waals surface area (Å²) in [5.41, 5.74) is 3.81. The van der Waals surface area contributed by atoms with Gasteiger partial charge in [0, 0.05) is 17.1 Å². The fourth-order valence-corrected chi connectivity index (χ4v) is 2.86. The summed E-state index contributed by atoms with van der Waals surface area (Å²) in [6, 6.07) is 10.3. The van der Waals surface area contributed by atoms with E-state index in [1.807, 2.05) is 12.3 Å². The van der Waals surface area contributed by atoms with Crippen LogP contribution < -0.4 is 5.32 Å². The Balaban J connectivity index is 1.58. The molecular formula is C17H17BrN4O. The van der Waals surface area contributed by atoms with E-state index in [4.69, 9.17) is 0 Å². The van der Waals surface area contributed by atoms with Crippen molar-refractivity contribution in [3.63, 3.8) is 0 Å². The normalized spacial score (nSPS) is 10.9. The van der Waals surface area contributed by atoms with E-state index in [0.717, 1.165) is 17.3 Å². The lowest BCUT2D eigenvalue weighted by atomic mass is 10.1. The highest BCUT2D eigenvalue weighted by Crippen LogP contribution is 2.21. The van der Waals surface area contributed by atoms with Crippen molar-refractivity contribution >= 4 is 33.2 Å². The molecule has 0 atom stereocenters. The van der Waals surface area contributed by atoms with Gasteiger partial charge < -0.3 is 5.32 Å². The second-order valence-corrected chi connectivity index (χ2v) is 6.44. The number of fused-ring (bicyclic) bond motifs is 1. The highest BCUT2D eigenvalue weighted by atomic mass is 79.9. The van der Waals surface area contributed by atoms with Crippen molar-refractivity contribution < 1.29 is 4.79 Å². The molecule has 0 fully saturated rings. The third-order valence-corrected chi connectivity index (χ3v) is 4.06. The zero-order chi connectivity index (χ0) is 16.2. The number of hydrogen-bond acceptors (Lipinski definition) is 3. The highest BCUT2D eigenvalue weighted by Gasteiger charge is 2.09. The van der Waals surface area contributed by atoms with Gasteiger partial charge in [0.2, 0.25) is 5.91 Å². The molecule has 3 aromatic rings. The smallest absolute Gasteiger partial charge is 0.224 e. The topological polar surface area (TPSA) is 59.3 Å². The van der Waals surface area contributed by atoms with Crippen molar-refractivity contribution in [1.29, 1.82) is 0 Å². The first kappa shape index (κ1) is 15.7. The van der Waals surface area contributed by atoms with Crippen molar-refractivity contribution in [3.05, 3.63) is 58.5 Å². The van der Waals surface area contributed by atoms with Gasteiger partial charge in [0.05, 0.1) is 5.69 Å². The number of pyridine rings is 1. The number of carbonyl (C=O) groups is 1. The summed E-state index contributed by atoms with van der Waals surface area (Å²) in [6.07, 6.45) is 5.63. The Bertz CT molecular complexity index is 826. The van der Waals surface area contributed by atoms with Crippen LogP contribution in [0, 0.1) is 6.92 Å². The molecule has 2 heterocycles. The van der Waals surface area contributed by atoms with Crippen LogP contribution in [0.15, 0.2) is 47.3 Å². The van der Waals surface area contributed by atoms with Crippen molar-refractivity contribution in [2.75, 3.05) is 5.32 Å². The maximum absolute atomic E-state index is 12.1. The summed E-state index contributed by atoms with van der Waals surface area (Å²) in [4.78, 5) is 12.1. The number of benzene rings is 1. The molecule has 1 aromatic carbocycles. The van der Waals surface area contributed by atoms with Gasteiger partial charge in [-0.2, -0.15) is 0 Å². The highest BCUT2D eigenvalue weighted by molar-refractivity contribution is 9.10. The Labute approximate surface area is 142 Å². The zero-order valence-electron chi connectivity index (χ0n) is 12.8. The zero-order valence-corrected chi connectivity index (χ0v) is 14.4. The molecule has 0 saturated heterocycles. The fraction of sp³-hybridized carbons (Fsp3) is 0.235. The van der Waals surface area contributed by atoms with E-state index in [0.29, 0.717) is 17.8 Å². The Kier molecular flexibility index (Phi) is 4.71. The van der Waals surface area contributed by atoms with Crippen LogP contribution in [0.5, 0.6) is 0 Å². The Morgan fingerprint density at radius 1 is 1.30 bits per heavy atom. The van der Waals surface area contributed by atoms with Crippen LogP contribution in [-0.4, -0.2) is 20.5 Å². The molecule has 23 heavy (non-hydrogen) atoms. The Hall–Kier alpha value is -2.21. The van der Waals surface area contributed by atoms with Crippen molar-refractivity contribution in [2.24, 2.45) is 0 Å². The Morgan fingerprint density at radius 3 is 2.87 bits per heavy atom. The molecule has 0 aliphatic carbocycles. The van der Waals surface area contributed by atoms with E-state index in [-0.39, 0.29) is 5.91 Å². The van der Waals surface area contributed by atoms with Gasteiger partial charge in [-0.25, -0.2) is 0 Å². The number of anilines is 1. The molecule has 3 rings (SSSR count). The van der Waals surface area contributed by atoms with Crippen LogP contribution in [0.4, 0.5) is 5.69 Å². The first-order valence-electron chi connectivity index (χ1n) is 7.46. The summed E-state index contributed by atoms with van der Waals surface area (Å²) >= 11 is 3.42. The average Bonchev–Trinajstić information content (AvgIpc) is 2.97. The van der Waals surface area contributed by atoms with Crippen molar-refractivity contribution in [3.8, 4) is 0 Å². The molecule has 0 spiro atoms. The number of nitrogens with one attached hydrogen (secondary N) is 1. The lowest BCUT2D eigenvalue weighted by molar-refractivity contribution is -0.116. The molecule has 1 N–H and O–H groups in total. The van der Waals surface area contributed by atoms with Gasteiger partial charge in [-0.3, -0.25) is 9.20 Å². The minimum Gasteiger partial charge on any atom is -0.323 e. The number of halogens is 1. The molecule has 1 amide bonds. The van der Waals surface area contributed by atoms with Crippen molar-refractivity contribution in [1.82, 2.24) is 14.6 Å². The van der Waals surface area contributed by atoms with Gasteiger partial charge in [0.15, 0.2) is 5.65 Å². The molecule has 0 unspecified atom stereocenters. The van der Waals surface area contributed by atoms with Gasteiger partial charge in [0.1, 0.15) is 6.33 Å². The minimum absolute atomic E-state index is 0.0138. The summed E-state index contributed by atoms with van der Waals surface area (Å²) in [5, 5.41) is 10.8. The van der Waals surface area contributed by atoms with Gasteiger partial charge in [-0.05, 0) is 47.3 Å². The fourth-order valence-electron chi connectivity index (χ4n) is 2.41. The number of carbonyl (C=O) groups excluding carboxylic acids is 1.